The molecule has 0 aliphatic carbocycles. The maximum Gasteiger partial charge on any atom is 0.314 e. The summed E-state index contributed by atoms with van der Waals surface area (Å²) in [4.78, 5) is 14.3. The van der Waals surface area contributed by atoms with E-state index in [0.717, 1.165) is 5.88 Å². The van der Waals surface area contributed by atoms with Crippen LogP contribution >= 0.6 is 19.9 Å². The Kier molecular flexibility index (Phi) is 14.4. The van der Waals surface area contributed by atoms with Crippen molar-refractivity contribution < 1.29 is 14.4 Å². The van der Waals surface area contributed by atoms with Crippen LogP contribution in [-0.4, -0.2) is 15.7 Å². The van der Waals surface area contributed by atoms with Crippen LogP contribution in [-0.2, 0) is 4.57 Å². The number of hydrogen-bond acceptors (Lipinski definition) is 1. The molecule has 2 N–H and O–H groups in total. The second kappa shape index (κ2) is 9.67. The van der Waals surface area contributed by atoms with Crippen LogP contribution in [0.1, 0.15) is 6.92 Å². The SMILES string of the molecule is CCCl.O=[PH](O)O. The van der Waals surface area contributed by atoms with E-state index in [0.29, 0.717) is 0 Å². The fraction of sp³-hybridized carbons (Fsp3) is 1.00. The Morgan fingerprint density at radius 3 is 1.71 bits per heavy atom. The number of alkyl halides is 1. The minimum atomic E-state index is -3.13. The fourth-order valence-electron chi connectivity index (χ4n) is 0. The van der Waals surface area contributed by atoms with Crippen LogP contribution in [0, 0.1) is 0 Å². The molecular weight excluding hydrogens is 138 g/mol. The molecule has 0 amide bonds. The Labute approximate surface area is 47.9 Å². The molecule has 0 rings (SSSR count). The van der Waals surface area contributed by atoms with Gasteiger partial charge in [0.05, 0.1) is 0 Å². The van der Waals surface area contributed by atoms with Gasteiger partial charge in [-0.05, 0) is 0 Å². The summed E-state index contributed by atoms with van der Waals surface area (Å²) in [6.45, 7) is 1.89. The van der Waals surface area contributed by atoms with Gasteiger partial charge in [-0.15, -0.1) is 11.6 Å². The van der Waals surface area contributed by atoms with Crippen molar-refractivity contribution in [2.45, 2.75) is 6.92 Å². The molecule has 0 fully saturated rings. The third-order valence-electron chi connectivity index (χ3n) is 0. The van der Waals surface area contributed by atoms with Gasteiger partial charge in [0.15, 0.2) is 0 Å². The molecule has 0 heterocycles. The predicted octanol–water partition coefficient (Wildman–Crippen LogP) is 0.606. The lowest BCUT2D eigenvalue weighted by Gasteiger charge is -1.61. The highest BCUT2D eigenvalue weighted by Gasteiger charge is 1.61. The van der Waals surface area contributed by atoms with Gasteiger partial charge in [0.2, 0.25) is 0 Å². The van der Waals surface area contributed by atoms with Gasteiger partial charge in [0.25, 0.3) is 0 Å². The molecule has 0 bridgehead atoms. The lowest BCUT2D eigenvalue weighted by molar-refractivity contribution is 0.405. The summed E-state index contributed by atoms with van der Waals surface area (Å²) in [6.07, 6.45) is 0. The van der Waals surface area contributed by atoms with Crippen molar-refractivity contribution >= 4 is 19.9 Å². The quantitative estimate of drug-likeness (QED) is 0.389. The van der Waals surface area contributed by atoms with E-state index in [1.165, 1.54) is 0 Å². The fourth-order valence-corrected chi connectivity index (χ4v) is 0. The zero-order valence-electron chi connectivity index (χ0n) is 3.89. The topological polar surface area (TPSA) is 57.5 Å². The molecule has 7 heavy (non-hydrogen) atoms. The molecule has 0 radical (unpaired) electrons. The monoisotopic (exact) mass is 146 g/mol. The molecule has 3 nitrogen and oxygen atoms in total. The number of halogens is 1. The third-order valence-corrected chi connectivity index (χ3v) is 0. The summed E-state index contributed by atoms with van der Waals surface area (Å²) >= 11 is 5.00. The van der Waals surface area contributed by atoms with E-state index in [-0.39, 0.29) is 0 Å². The smallest absolute Gasteiger partial charge is 0.314 e. The standard InChI is InChI=1S/C2H5Cl.H3O3P/c1-2-3;1-4(2)3/h2H2,1H3;4H,(H2,1,2,3). The van der Waals surface area contributed by atoms with Gasteiger partial charge in [0.1, 0.15) is 0 Å². The Hall–Kier alpha value is 0.440. The zero-order valence-corrected chi connectivity index (χ0v) is 5.64. The van der Waals surface area contributed by atoms with Crippen molar-refractivity contribution in [2.24, 2.45) is 0 Å². The first kappa shape index (κ1) is 10.4. The van der Waals surface area contributed by atoms with E-state index in [2.05, 4.69) is 0 Å². The molecule has 0 atom stereocenters. The molecule has 0 spiro atoms. The van der Waals surface area contributed by atoms with Gasteiger partial charge in [0, 0.05) is 5.88 Å². The van der Waals surface area contributed by atoms with Crippen molar-refractivity contribution in [1.29, 1.82) is 0 Å². The second-order valence-corrected chi connectivity index (χ2v) is 1.65. The molecular formula is C2H8ClO3P. The maximum atomic E-state index is 8.74. The van der Waals surface area contributed by atoms with Gasteiger partial charge in [-0.2, -0.15) is 0 Å². The molecule has 0 aromatic carbocycles. The summed E-state index contributed by atoms with van der Waals surface area (Å²) in [7, 11) is -3.13. The zero-order chi connectivity index (χ0) is 6.28. The van der Waals surface area contributed by atoms with Crippen molar-refractivity contribution in [2.75, 3.05) is 5.88 Å². The summed E-state index contributed by atoms with van der Waals surface area (Å²) < 4.78 is 8.74. The van der Waals surface area contributed by atoms with E-state index in [9.17, 15) is 0 Å². The first-order chi connectivity index (χ1) is 3.15. The Balaban J connectivity index is 0. The Morgan fingerprint density at radius 2 is 1.71 bits per heavy atom. The second-order valence-electron chi connectivity index (χ2n) is 0.550. The van der Waals surface area contributed by atoms with E-state index in [1.54, 1.807) is 0 Å². The molecule has 0 saturated heterocycles. The van der Waals surface area contributed by atoms with Gasteiger partial charge in [-0.3, -0.25) is 4.57 Å². The van der Waals surface area contributed by atoms with Gasteiger partial charge in [-0.1, -0.05) is 6.92 Å². The molecule has 0 aliphatic heterocycles. The molecule has 0 saturated carbocycles. The van der Waals surface area contributed by atoms with Crippen LogP contribution in [0.3, 0.4) is 0 Å². The molecule has 5 heteroatoms. The minimum absolute atomic E-state index is 0.722. The highest BCUT2D eigenvalue weighted by molar-refractivity contribution is 7.30. The van der Waals surface area contributed by atoms with Crippen molar-refractivity contribution in [3.63, 3.8) is 0 Å². The highest BCUT2D eigenvalue weighted by atomic mass is 35.5. The van der Waals surface area contributed by atoms with E-state index in [1.807, 2.05) is 6.92 Å². The summed E-state index contributed by atoms with van der Waals surface area (Å²) in [5, 5.41) is 0. The normalized spacial score (nSPS) is 7.57. The van der Waals surface area contributed by atoms with Crippen LogP contribution in [0.15, 0.2) is 0 Å². The van der Waals surface area contributed by atoms with E-state index < -0.39 is 8.25 Å². The maximum absolute atomic E-state index is 8.74. The van der Waals surface area contributed by atoms with Gasteiger partial charge in [-0.25, -0.2) is 0 Å². The van der Waals surface area contributed by atoms with Crippen LogP contribution in [0.2, 0.25) is 0 Å². The largest absolute Gasteiger partial charge is 0.326 e. The van der Waals surface area contributed by atoms with E-state index >= 15 is 0 Å². The molecule has 0 unspecified atom stereocenters. The lowest BCUT2D eigenvalue weighted by atomic mass is 11.0. The number of hydrogen-bond donors (Lipinski definition) is 2. The van der Waals surface area contributed by atoms with Crippen LogP contribution in [0.4, 0.5) is 0 Å². The van der Waals surface area contributed by atoms with Crippen molar-refractivity contribution in [1.82, 2.24) is 0 Å². The van der Waals surface area contributed by atoms with Crippen LogP contribution in [0.5, 0.6) is 0 Å². The van der Waals surface area contributed by atoms with Gasteiger partial charge >= 0.3 is 8.25 Å². The highest BCUT2D eigenvalue weighted by Crippen LogP contribution is 1.98. The Morgan fingerprint density at radius 1 is 1.71 bits per heavy atom. The first-order valence-corrected chi connectivity index (χ1v) is 3.46. The Bertz CT molecular complexity index is 44.2. The van der Waals surface area contributed by atoms with Crippen LogP contribution in [0.25, 0.3) is 0 Å². The molecule has 0 aliphatic rings. The first-order valence-electron chi connectivity index (χ1n) is 1.63. The average molecular weight is 147 g/mol. The van der Waals surface area contributed by atoms with Gasteiger partial charge < -0.3 is 9.79 Å². The summed E-state index contributed by atoms with van der Waals surface area (Å²) in [5.41, 5.74) is 0. The molecule has 0 aromatic heterocycles. The molecule has 46 valence electrons. The van der Waals surface area contributed by atoms with E-state index in [4.69, 9.17) is 26.0 Å². The third kappa shape index (κ3) is 656. The van der Waals surface area contributed by atoms with Crippen LogP contribution < -0.4 is 0 Å². The summed E-state index contributed by atoms with van der Waals surface area (Å²) in [6, 6.07) is 0. The molecule has 0 aromatic rings. The van der Waals surface area contributed by atoms with Crippen molar-refractivity contribution in [3.05, 3.63) is 0 Å². The summed E-state index contributed by atoms with van der Waals surface area (Å²) in [5.74, 6) is 0.722. The minimum Gasteiger partial charge on any atom is -0.326 e. The lowest BCUT2D eigenvalue weighted by Crippen LogP contribution is -1.38. The average Bonchev–Trinajstić information content (AvgIpc) is 1.33. The predicted molar refractivity (Wildman–Crippen MR) is 29.8 cm³/mol. The van der Waals surface area contributed by atoms with Crippen molar-refractivity contribution in [3.8, 4) is 0 Å². The number of rotatable bonds is 0.